The third-order valence-electron chi connectivity index (χ3n) is 1.91. The Morgan fingerprint density at radius 3 is 2.75 bits per heavy atom. The predicted octanol–water partition coefficient (Wildman–Crippen LogP) is 2.51. The van der Waals surface area contributed by atoms with E-state index in [-0.39, 0.29) is 18.6 Å². The van der Waals surface area contributed by atoms with E-state index in [0.717, 1.165) is 6.07 Å². The molecule has 16 heavy (non-hydrogen) atoms. The van der Waals surface area contributed by atoms with E-state index in [1.54, 1.807) is 6.92 Å². The van der Waals surface area contributed by atoms with Crippen molar-refractivity contribution in [3.8, 4) is 0 Å². The highest BCUT2D eigenvalue weighted by Crippen LogP contribution is 2.21. The summed E-state index contributed by atoms with van der Waals surface area (Å²) in [5.41, 5.74) is 0.418. The molecule has 86 valence electrons. The lowest BCUT2D eigenvalue weighted by Gasteiger charge is -2.05. The Morgan fingerprint density at radius 2 is 2.25 bits per heavy atom. The molecule has 0 unspecified atom stereocenters. The van der Waals surface area contributed by atoms with Crippen molar-refractivity contribution >= 4 is 28.2 Å². The lowest BCUT2D eigenvalue weighted by Crippen LogP contribution is -2.08. The Morgan fingerprint density at radius 1 is 1.56 bits per heavy atom. The minimum absolute atomic E-state index is 0.0114. The molecule has 0 bridgehead atoms. The molecule has 1 aromatic carbocycles. The van der Waals surface area contributed by atoms with Crippen molar-refractivity contribution in [2.24, 2.45) is 0 Å². The predicted molar refractivity (Wildman–Crippen MR) is 59.8 cm³/mol. The van der Waals surface area contributed by atoms with Crippen LogP contribution < -0.4 is 0 Å². The van der Waals surface area contributed by atoms with Crippen LogP contribution in [0.25, 0.3) is 0 Å². The summed E-state index contributed by atoms with van der Waals surface area (Å²) in [7, 11) is 0. The van der Waals surface area contributed by atoms with E-state index in [4.69, 9.17) is 4.74 Å². The van der Waals surface area contributed by atoms with Crippen molar-refractivity contribution in [1.82, 2.24) is 0 Å². The van der Waals surface area contributed by atoms with E-state index in [1.165, 1.54) is 6.07 Å². The van der Waals surface area contributed by atoms with Gasteiger partial charge in [0.2, 0.25) is 0 Å². The van der Waals surface area contributed by atoms with E-state index in [0.29, 0.717) is 16.3 Å². The van der Waals surface area contributed by atoms with E-state index in [2.05, 4.69) is 15.9 Å². The minimum atomic E-state index is -0.649. The van der Waals surface area contributed by atoms with Gasteiger partial charge in [0.1, 0.15) is 5.82 Å². The average Bonchev–Trinajstić information content (AvgIpc) is 2.17. The number of ether oxygens (including phenoxy) is 1. The van der Waals surface area contributed by atoms with Crippen LogP contribution in [0.15, 0.2) is 16.6 Å². The van der Waals surface area contributed by atoms with Gasteiger partial charge in [-0.05, 0) is 40.5 Å². The monoisotopic (exact) mass is 288 g/mol. The molecule has 0 aliphatic heterocycles. The van der Waals surface area contributed by atoms with Crippen molar-refractivity contribution in [3.63, 3.8) is 0 Å². The number of rotatable bonds is 4. The number of aldehydes is 1. The first-order valence-electron chi connectivity index (χ1n) is 4.67. The summed E-state index contributed by atoms with van der Waals surface area (Å²) in [5.74, 6) is -1.07. The summed E-state index contributed by atoms with van der Waals surface area (Å²) in [6.07, 6.45) is 0.413. The molecule has 0 aliphatic rings. The lowest BCUT2D eigenvalue weighted by atomic mass is 10.1. The average molecular weight is 289 g/mol. The highest BCUT2D eigenvalue weighted by Gasteiger charge is 2.11. The van der Waals surface area contributed by atoms with E-state index >= 15 is 0 Å². The molecule has 0 radical (unpaired) electrons. The normalized spacial score (nSPS) is 9.94. The molecule has 1 aromatic rings. The topological polar surface area (TPSA) is 43.4 Å². The fraction of sp³-hybridized carbons (Fsp3) is 0.273. The van der Waals surface area contributed by atoms with Crippen LogP contribution in [-0.4, -0.2) is 18.9 Å². The second-order valence-corrected chi connectivity index (χ2v) is 3.93. The highest BCUT2D eigenvalue weighted by atomic mass is 79.9. The molecule has 0 atom stereocenters. The molecule has 0 saturated carbocycles. The third kappa shape index (κ3) is 3.13. The maximum atomic E-state index is 13.3. The molecule has 0 heterocycles. The van der Waals surface area contributed by atoms with E-state index in [1.807, 2.05) is 0 Å². The first-order valence-corrected chi connectivity index (χ1v) is 5.46. The van der Waals surface area contributed by atoms with Gasteiger partial charge in [0, 0.05) is 4.47 Å². The summed E-state index contributed by atoms with van der Waals surface area (Å²) in [5, 5.41) is 0. The molecule has 0 aromatic heterocycles. The maximum Gasteiger partial charge on any atom is 0.310 e. The van der Waals surface area contributed by atoms with Gasteiger partial charge >= 0.3 is 5.97 Å². The van der Waals surface area contributed by atoms with Crippen LogP contribution in [0.2, 0.25) is 0 Å². The van der Waals surface area contributed by atoms with Gasteiger partial charge in [-0.3, -0.25) is 9.59 Å². The van der Waals surface area contributed by atoms with Crippen molar-refractivity contribution in [1.29, 1.82) is 0 Å². The van der Waals surface area contributed by atoms with Crippen LogP contribution in [0.4, 0.5) is 4.39 Å². The van der Waals surface area contributed by atoms with Crippen LogP contribution in [0.1, 0.15) is 22.8 Å². The Labute approximate surface area is 101 Å². The Hall–Kier alpha value is -1.23. The SMILES string of the molecule is CCOC(=O)Cc1cc(F)c(C=O)c(Br)c1. The molecular formula is C11H10BrFO3. The summed E-state index contributed by atoms with van der Waals surface area (Å²) < 4.78 is 18.4. The zero-order valence-corrected chi connectivity index (χ0v) is 10.2. The lowest BCUT2D eigenvalue weighted by molar-refractivity contribution is -0.142. The zero-order chi connectivity index (χ0) is 12.1. The number of hydrogen-bond acceptors (Lipinski definition) is 3. The third-order valence-corrected chi connectivity index (χ3v) is 2.57. The van der Waals surface area contributed by atoms with Crippen LogP contribution in [0.5, 0.6) is 0 Å². The van der Waals surface area contributed by atoms with Gasteiger partial charge in [-0.1, -0.05) is 0 Å². The Kier molecular flexibility index (Phi) is 4.61. The minimum Gasteiger partial charge on any atom is -0.466 e. The van der Waals surface area contributed by atoms with Crippen LogP contribution in [0.3, 0.4) is 0 Å². The highest BCUT2D eigenvalue weighted by molar-refractivity contribution is 9.10. The number of halogens is 2. The van der Waals surface area contributed by atoms with Crippen LogP contribution in [0, 0.1) is 5.82 Å². The van der Waals surface area contributed by atoms with Gasteiger partial charge in [-0.25, -0.2) is 4.39 Å². The molecule has 3 nitrogen and oxygen atoms in total. The molecule has 5 heteroatoms. The summed E-state index contributed by atoms with van der Waals surface area (Å²) >= 11 is 3.06. The van der Waals surface area contributed by atoms with Crippen molar-refractivity contribution in [3.05, 3.63) is 33.5 Å². The van der Waals surface area contributed by atoms with E-state index < -0.39 is 11.8 Å². The molecule has 1 rings (SSSR count). The van der Waals surface area contributed by atoms with Gasteiger partial charge in [0.25, 0.3) is 0 Å². The fourth-order valence-corrected chi connectivity index (χ4v) is 1.81. The first-order chi connectivity index (χ1) is 7.58. The van der Waals surface area contributed by atoms with Crippen LogP contribution >= 0.6 is 15.9 Å². The van der Waals surface area contributed by atoms with Gasteiger partial charge in [0.15, 0.2) is 6.29 Å². The quantitative estimate of drug-likeness (QED) is 0.632. The van der Waals surface area contributed by atoms with Gasteiger partial charge in [0.05, 0.1) is 18.6 Å². The van der Waals surface area contributed by atoms with Gasteiger partial charge in [-0.15, -0.1) is 0 Å². The van der Waals surface area contributed by atoms with Crippen molar-refractivity contribution < 1.29 is 18.7 Å². The summed E-state index contributed by atoms with van der Waals surface area (Å²) in [6.45, 7) is 1.98. The van der Waals surface area contributed by atoms with Gasteiger partial charge < -0.3 is 4.74 Å². The fourth-order valence-electron chi connectivity index (χ4n) is 1.23. The number of hydrogen-bond donors (Lipinski definition) is 0. The Balaban J connectivity index is 2.91. The first kappa shape index (κ1) is 12.8. The smallest absolute Gasteiger partial charge is 0.310 e. The summed E-state index contributed by atoms with van der Waals surface area (Å²) in [4.78, 5) is 21.7. The zero-order valence-electron chi connectivity index (χ0n) is 8.63. The Bertz CT molecular complexity index is 395. The van der Waals surface area contributed by atoms with Crippen LogP contribution in [-0.2, 0) is 16.0 Å². The van der Waals surface area contributed by atoms with Crippen molar-refractivity contribution in [2.45, 2.75) is 13.3 Å². The number of esters is 1. The molecule has 0 saturated heterocycles. The standard InChI is InChI=1S/C11H10BrFO3/c1-2-16-11(15)5-7-3-9(12)8(6-14)10(13)4-7/h3-4,6H,2,5H2,1H3. The van der Waals surface area contributed by atoms with Crippen molar-refractivity contribution in [2.75, 3.05) is 6.61 Å². The second kappa shape index (κ2) is 5.75. The summed E-state index contributed by atoms with van der Waals surface area (Å²) in [6, 6.07) is 2.69. The largest absolute Gasteiger partial charge is 0.466 e. The maximum absolute atomic E-state index is 13.3. The molecule has 0 N–H and O–H groups in total. The molecule has 0 spiro atoms. The molecule has 0 aliphatic carbocycles. The number of carbonyl (C=O) groups excluding carboxylic acids is 2. The van der Waals surface area contributed by atoms with Gasteiger partial charge in [-0.2, -0.15) is 0 Å². The number of carbonyl (C=O) groups is 2. The second-order valence-electron chi connectivity index (χ2n) is 3.07. The molecule has 0 fully saturated rings. The number of benzene rings is 1. The van der Waals surface area contributed by atoms with E-state index in [9.17, 15) is 14.0 Å². The molecular weight excluding hydrogens is 279 g/mol. The molecule has 0 amide bonds.